The molecule has 74 valence electrons. The molecule has 0 radical (unpaired) electrons. The van der Waals surface area contributed by atoms with Gasteiger partial charge in [0.1, 0.15) is 6.07 Å². The first kappa shape index (κ1) is 10.3. The van der Waals surface area contributed by atoms with E-state index in [-0.39, 0.29) is 0 Å². The summed E-state index contributed by atoms with van der Waals surface area (Å²) in [7, 11) is 3.73. The second kappa shape index (κ2) is 4.42. The summed E-state index contributed by atoms with van der Waals surface area (Å²) in [5.74, 6) is 0.475. The first-order valence-electron chi connectivity index (χ1n) is 4.34. The standard InChI is InChI=1S/C9H13N5/c1-4-14-7-12-9(8(14)5-10)11-6-13(2)3/h6-7H,4H2,1-3H3/b11-6+. The van der Waals surface area contributed by atoms with E-state index in [9.17, 15) is 0 Å². The van der Waals surface area contributed by atoms with Crippen LogP contribution < -0.4 is 0 Å². The summed E-state index contributed by atoms with van der Waals surface area (Å²) >= 11 is 0. The third-order valence-electron chi connectivity index (χ3n) is 1.68. The summed E-state index contributed by atoms with van der Waals surface area (Å²) in [6.45, 7) is 2.69. The van der Waals surface area contributed by atoms with Gasteiger partial charge in [-0.3, -0.25) is 0 Å². The van der Waals surface area contributed by atoms with Crippen LogP contribution in [0.3, 0.4) is 0 Å². The number of aromatic nitrogens is 2. The Balaban J connectivity index is 2.99. The predicted octanol–water partition coefficient (Wildman–Crippen LogP) is 0.996. The number of aliphatic imine (C=N–C) groups is 1. The van der Waals surface area contributed by atoms with Gasteiger partial charge in [-0.1, -0.05) is 0 Å². The minimum absolute atomic E-state index is 0.475. The van der Waals surface area contributed by atoms with E-state index in [0.29, 0.717) is 11.5 Å². The summed E-state index contributed by atoms with van der Waals surface area (Å²) in [6, 6.07) is 2.09. The van der Waals surface area contributed by atoms with Gasteiger partial charge in [0, 0.05) is 20.6 Å². The number of hydrogen-bond acceptors (Lipinski definition) is 3. The van der Waals surface area contributed by atoms with Crippen molar-refractivity contribution in [2.24, 2.45) is 4.99 Å². The highest BCUT2D eigenvalue weighted by atomic mass is 15.1. The molecule has 5 nitrogen and oxygen atoms in total. The molecule has 1 heterocycles. The highest BCUT2D eigenvalue weighted by Gasteiger charge is 2.07. The molecular weight excluding hydrogens is 178 g/mol. The largest absolute Gasteiger partial charge is 0.369 e. The van der Waals surface area contributed by atoms with Crippen molar-refractivity contribution in [1.29, 1.82) is 5.26 Å². The first-order chi connectivity index (χ1) is 6.69. The van der Waals surface area contributed by atoms with Crippen LogP contribution >= 0.6 is 0 Å². The predicted molar refractivity (Wildman–Crippen MR) is 54.5 cm³/mol. The molecule has 0 saturated carbocycles. The zero-order valence-corrected chi connectivity index (χ0v) is 8.60. The van der Waals surface area contributed by atoms with Gasteiger partial charge in [-0.05, 0) is 6.92 Å². The van der Waals surface area contributed by atoms with Crippen LogP contribution in [0.5, 0.6) is 0 Å². The third-order valence-corrected chi connectivity index (χ3v) is 1.68. The van der Waals surface area contributed by atoms with Crippen molar-refractivity contribution < 1.29 is 0 Å². The molecule has 0 aliphatic carbocycles. The minimum atomic E-state index is 0.475. The maximum absolute atomic E-state index is 8.89. The van der Waals surface area contributed by atoms with Crippen LogP contribution in [0.25, 0.3) is 0 Å². The molecule has 0 bridgehead atoms. The van der Waals surface area contributed by atoms with E-state index in [0.717, 1.165) is 6.54 Å². The van der Waals surface area contributed by atoms with Crippen molar-refractivity contribution in [2.45, 2.75) is 13.5 Å². The number of rotatable bonds is 3. The van der Waals surface area contributed by atoms with Crippen LogP contribution in [0.2, 0.25) is 0 Å². The van der Waals surface area contributed by atoms with E-state index in [1.807, 2.05) is 21.0 Å². The van der Waals surface area contributed by atoms with E-state index in [1.54, 1.807) is 22.1 Å². The summed E-state index contributed by atoms with van der Waals surface area (Å²) in [5, 5.41) is 8.89. The summed E-state index contributed by atoms with van der Waals surface area (Å²) < 4.78 is 1.77. The van der Waals surface area contributed by atoms with E-state index in [4.69, 9.17) is 5.26 Å². The van der Waals surface area contributed by atoms with Crippen LogP contribution in [0.4, 0.5) is 5.82 Å². The Hall–Kier alpha value is -1.83. The molecule has 0 saturated heterocycles. The van der Waals surface area contributed by atoms with Crippen LogP contribution in [0.1, 0.15) is 12.6 Å². The topological polar surface area (TPSA) is 57.2 Å². The van der Waals surface area contributed by atoms with Crippen LogP contribution in [-0.2, 0) is 6.54 Å². The van der Waals surface area contributed by atoms with E-state index < -0.39 is 0 Å². The van der Waals surface area contributed by atoms with Crippen molar-refractivity contribution in [1.82, 2.24) is 14.5 Å². The Morgan fingerprint density at radius 3 is 2.93 bits per heavy atom. The average Bonchev–Trinajstić information content (AvgIpc) is 2.56. The highest BCUT2D eigenvalue weighted by Crippen LogP contribution is 2.14. The number of aryl methyl sites for hydroxylation is 1. The Labute approximate surface area is 83.3 Å². The van der Waals surface area contributed by atoms with Gasteiger partial charge in [-0.25, -0.2) is 9.98 Å². The van der Waals surface area contributed by atoms with Gasteiger partial charge in [0.25, 0.3) is 0 Å². The Morgan fingerprint density at radius 1 is 1.71 bits per heavy atom. The van der Waals surface area contributed by atoms with E-state index in [2.05, 4.69) is 16.0 Å². The molecule has 1 aromatic heterocycles. The molecule has 5 heteroatoms. The Kier molecular flexibility index (Phi) is 3.24. The van der Waals surface area contributed by atoms with Crippen LogP contribution in [-0.4, -0.2) is 34.9 Å². The third kappa shape index (κ3) is 2.10. The molecule has 0 unspecified atom stereocenters. The van der Waals surface area contributed by atoms with Gasteiger partial charge in [0.05, 0.1) is 12.7 Å². The van der Waals surface area contributed by atoms with Gasteiger partial charge in [-0.15, -0.1) is 0 Å². The summed E-state index contributed by atoms with van der Waals surface area (Å²) in [5.41, 5.74) is 0.505. The fourth-order valence-electron chi connectivity index (χ4n) is 0.990. The SMILES string of the molecule is CCn1cnc(/N=C/N(C)C)c1C#N. The zero-order valence-electron chi connectivity index (χ0n) is 8.60. The maximum atomic E-state index is 8.89. The molecule has 14 heavy (non-hydrogen) atoms. The fourth-order valence-corrected chi connectivity index (χ4v) is 0.990. The van der Waals surface area contributed by atoms with Crippen molar-refractivity contribution in [3.8, 4) is 6.07 Å². The normalized spacial score (nSPS) is 10.4. The van der Waals surface area contributed by atoms with Gasteiger partial charge in [-0.2, -0.15) is 5.26 Å². The van der Waals surface area contributed by atoms with Crippen LogP contribution in [0.15, 0.2) is 11.3 Å². The Bertz CT molecular complexity index is 369. The monoisotopic (exact) mass is 191 g/mol. The smallest absolute Gasteiger partial charge is 0.190 e. The van der Waals surface area contributed by atoms with Gasteiger partial charge < -0.3 is 9.47 Å². The summed E-state index contributed by atoms with van der Waals surface area (Å²) in [4.78, 5) is 9.94. The lowest BCUT2D eigenvalue weighted by Gasteiger charge is -2.01. The molecule has 0 spiro atoms. The number of hydrogen-bond donors (Lipinski definition) is 0. The lowest BCUT2D eigenvalue weighted by molar-refractivity contribution is 0.643. The van der Waals surface area contributed by atoms with Crippen molar-refractivity contribution in [3.63, 3.8) is 0 Å². The molecule has 0 aromatic carbocycles. The lowest BCUT2D eigenvalue weighted by Crippen LogP contribution is -2.07. The zero-order chi connectivity index (χ0) is 10.6. The van der Waals surface area contributed by atoms with Gasteiger partial charge in [0.15, 0.2) is 11.5 Å². The molecule has 1 rings (SSSR count). The second-order valence-corrected chi connectivity index (χ2v) is 3.02. The lowest BCUT2D eigenvalue weighted by atomic mass is 10.4. The number of nitrogens with zero attached hydrogens (tertiary/aromatic N) is 5. The molecule has 0 fully saturated rings. The fraction of sp³-hybridized carbons (Fsp3) is 0.444. The molecule has 0 aliphatic heterocycles. The minimum Gasteiger partial charge on any atom is -0.369 e. The van der Waals surface area contributed by atoms with E-state index in [1.165, 1.54) is 0 Å². The average molecular weight is 191 g/mol. The second-order valence-electron chi connectivity index (χ2n) is 3.02. The number of imidazole rings is 1. The van der Waals surface area contributed by atoms with Gasteiger partial charge >= 0.3 is 0 Å². The summed E-state index contributed by atoms with van der Waals surface area (Å²) in [6.07, 6.45) is 3.25. The molecule has 0 N–H and O–H groups in total. The maximum Gasteiger partial charge on any atom is 0.190 e. The Morgan fingerprint density at radius 2 is 2.43 bits per heavy atom. The molecular formula is C9H13N5. The first-order valence-corrected chi connectivity index (χ1v) is 4.34. The highest BCUT2D eigenvalue weighted by molar-refractivity contribution is 5.61. The quantitative estimate of drug-likeness (QED) is 0.529. The molecule has 0 atom stereocenters. The molecule has 0 amide bonds. The van der Waals surface area contributed by atoms with Crippen LogP contribution in [0, 0.1) is 11.3 Å². The van der Waals surface area contributed by atoms with Crippen molar-refractivity contribution in [2.75, 3.05) is 14.1 Å². The van der Waals surface area contributed by atoms with Crippen molar-refractivity contribution in [3.05, 3.63) is 12.0 Å². The van der Waals surface area contributed by atoms with Crippen molar-refractivity contribution >= 4 is 12.2 Å². The number of nitriles is 1. The molecule has 1 aromatic rings. The van der Waals surface area contributed by atoms with E-state index >= 15 is 0 Å². The van der Waals surface area contributed by atoms with Gasteiger partial charge in [0.2, 0.25) is 0 Å². The molecule has 0 aliphatic rings.